The molecule has 134 valence electrons. The van der Waals surface area contributed by atoms with Gasteiger partial charge in [-0.1, -0.05) is 46.9 Å². The molecule has 1 heterocycles. The van der Waals surface area contributed by atoms with Crippen molar-refractivity contribution in [2.24, 2.45) is 0 Å². The van der Waals surface area contributed by atoms with Gasteiger partial charge in [-0.3, -0.25) is 4.79 Å². The first-order chi connectivity index (χ1) is 12.4. The van der Waals surface area contributed by atoms with Crippen LogP contribution in [0.3, 0.4) is 0 Å². The Kier molecular flexibility index (Phi) is 5.56. The molecule has 0 N–H and O–H groups in total. The van der Waals surface area contributed by atoms with E-state index < -0.39 is 0 Å². The number of hydrogen-bond acceptors (Lipinski definition) is 3. The van der Waals surface area contributed by atoms with E-state index in [1.54, 1.807) is 50.2 Å². The smallest absolute Gasteiger partial charge is 0.278 e. The molecule has 26 heavy (non-hydrogen) atoms. The van der Waals surface area contributed by atoms with Crippen molar-refractivity contribution in [1.29, 1.82) is 0 Å². The number of rotatable bonds is 4. The fourth-order valence-corrected chi connectivity index (χ4v) is 2.94. The number of aromatic nitrogens is 2. The second-order valence-corrected chi connectivity index (χ2v) is 6.99. The van der Waals surface area contributed by atoms with E-state index in [1.807, 2.05) is 6.07 Å². The summed E-state index contributed by atoms with van der Waals surface area (Å²) < 4.78 is 7.03. The lowest BCUT2D eigenvalue weighted by Crippen LogP contribution is -2.15. The maximum absolute atomic E-state index is 12.7. The summed E-state index contributed by atoms with van der Waals surface area (Å²) in [5.41, 5.74) is 2.54. The van der Waals surface area contributed by atoms with Crippen molar-refractivity contribution >= 4 is 40.7 Å². The van der Waals surface area contributed by atoms with Crippen molar-refractivity contribution < 1.29 is 9.53 Å². The molecular weight excluding hydrogens is 395 g/mol. The Balaban J connectivity index is 1.81. The molecule has 0 bridgehead atoms. The zero-order chi connectivity index (χ0) is 18.8. The molecule has 0 spiro atoms. The number of halogens is 3. The summed E-state index contributed by atoms with van der Waals surface area (Å²) in [4.78, 5) is 12.7. The highest BCUT2D eigenvalue weighted by Gasteiger charge is 2.17. The SMILES string of the molecule is Cc1nn(C(=O)c2cccc(COc3cc(Cl)ccc3Cl)c2)c(C)c1Cl. The van der Waals surface area contributed by atoms with Crippen LogP contribution >= 0.6 is 34.8 Å². The standard InChI is InChI=1S/C19H15Cl3N2O2/c1-11-18(22)12(2)24(23-11)19(25)14-5-3-4-13(8-14)10-26-17-9-15(20)6-7-16(17)21/h3-9H,10H2,1-2H3. The highest BCUT2D eigenvalue weighted by Crippen LogP contribution is 2.28. The van der Waals surface area contributed by atoms with Crippen molar-refractivity contribution in [3.05, 3.63) is 80.0 Å². The molecule has 0 aliphatic carbocycles. The van der Waals surface area contributed by atoms with Crippen LogP contribution in [0, 0.1) is 13.8 Å². The van der Waals surface area contributed by atoms with Gasteiger partial charge in [0, 0.05) is 16.7 Å². The number of carbonyl (C=O) groups is 1. The maximum Gasteiger partial charge on any atom is 0.278 e. The third-order valence-electron chi connectivity index (χ3n) is 3.86. The van der Waals surface area contributed by atoms with Crippen molar-refractivity contribution in [3.8, 4) is 5.75 Å². The van der Waals surface area contributed by atoms with E-state index in [2.05, 4.69) is 5.10 Å². The summed E-state index contributed by atoms with van der Waals surface area (Å²) in [5, 5.41) is 5.70. The third-order valence-corrected chi connectivity index (χ3v) is 4.95. The Labute approximate surface area is 166 Å². The van der Waals surface area contributed by atoms with Gasteiger partial charge in [0.05, 0.1) is 21.4 Å². The second-order valence-electron chi connectivity index (χ2n) is 5.77. The Morgan fingerprint density at radius 3 is 2.58 bits per heavy atom. The Bertz CT molecular complexity index is 983. The molecule has 1 aromatic heterocycles. The summed E-state index contributed by atoms with van der Waals surface area (Å²) in [5.74, 6) is 0.237. The lowest BCUT2D eigenvalue weighted by Gasteiger charge is -2.10. The second kappa shape index (κ2) is 7.70. The largest absolute Gasteiger partial charge is 0.487 e. The summed E-state index contributed by atoms with van der Waals surface area (Å²) in [6, 6.07) is 12.1. The van der Waals surface area contributed by atoms with Crippen molar-refractivity contribution in [1.82, 2.24) is 9.78 Å². The highest BCUT2D eigenvalue weighted by molar-refractivity contribution is 6.34. The minimum atomic E-state index is -0.250. The molecule has 7 heteroatoms. The van der Waals surface area contributed by atoms with Crippen LogP contribution in [0.5, 0.6) is 5.75 Å². The summed E-state index contributed by atoms with van der Waals surface area (Å²) in [6.07, 6.45) is 0. The van der Waals surface area contributed by atoms with Gasteiger partial charge >= 0.3 is 0 Å². The quantitative estimate of drug-likeness (QED) is 0.553. The number of benzene rings is 2. The van der Waals surface area contributed by atoms with Crippen LogP contribution in [-0.4, -0.2) is 15.7 Å². The average Bonchev–Trinajstić information content (AvgIpc) is 2.89. The van der Waals surface area contributed by atoms with Gasteiger partial charge in [0.2, 0.25) is 0 Å². The molecule has 0 saturated heterocycles. The molecular formula is C19H15Cl3N2O2. The topological polar surface area (TPSA) is 44.1 Å². The Hall–Kier alpha value is -2.01. The van der Waals surface area contributed by atoms with E-state index in [4.69, 9.17) is 39.5 Å². The van der Waals surface area contributed by atoms with Crippen molar-refractivity contribution in [2.45, 2.75) is 20.5 Å². The van der Waals surface area contributed by atoms with E-state index >= 15 is 0 Å². The Morgan fingerprint density at radius 2 is 1.88 bits per heavy atom. The fourth-order valence-electron chi connectivity index (χ4n) is 2.49. The number of nitrogens with zero attached hydrogens (tertiary/aromatic N) is 2. The molecule has 0 atom stereocenters. The average molecular weight is 410 g/mol. The molecule has 4 nitrogen and oxygen atoms in total. The number of carbonyl (C=O) groups excluding carboxylic acids is 1. The highest BCUT2D eigenvalue weighted by atomic mass is 35.5. The van der Waals surface area contributed by atoms with Crippen molar-refractivity contribution in [2.75, 3.05) is 0 Å². The lowest BCUT2D eigenvalue weighted by molar-refractivity contribution is 0.0942. The van der Waals surface area contributed by atoms with Gasteiger partial charge in [-0.25, -0.2) is 0 Å². The zero-order valence-corrected chi connectivity index (χ0v) is 16.4. The zero-order valence-electron chi connectivity index (χ0n) is 14.1. The first-order valence-corrected chi connectivity index (χ1v) is 8.93. The van der Waals surface area contributed by atoms with Gasteiger partial charge < -0.3 is 4.74 Å². The van der Waals surface area contributed by atoms with Gasteiger partial charge in [-0.2, -0.15) is 9.78 Å². The third kappa shape index (κ3) is 3.88. The minimum Gasteiger partial charge on any atom is -0.487 e. The molecule has 0 radical (unpaired) electrons. The molecule has 0 amide bonds. The van der Waals surface area contributed by atoms with Gasteiger partial charge in [0.25, 0.3) is 5.91 Å². The van der Waals surface area contributed by atoms with Crippen LogP contribution in [0.1, 0.15) is 27.3 Å². The van der Waals surface area contributed by atoms with Crippen LogP contribution in [-0.2, 0) is 6.61 Å². The molecule has 0 aliphatic rings. The Morgan fingerprint density at radius 1 is 1.12 bits per heavy atom. The first kappa shape index (κ1) is 18.8. The molecule has 2 aromatic carbocycles. The van der Waals surface area contributed by atoms with Crippen LogP contribution in [0.4, 0.5) is 0 Å². The lowest BCUT2D eigenvalue weighted by atomic mass is 10.1. The summed E-state index contributed by atoms with van der Waals surface area (Å²) in [6.45, 7) is 3.77. The normalized spacial score (nSPS) is 10.8. The summed E-state index contributed by atoms with van der Waals surface area (Å²) in [7, 11) is 0. The molecule has 3 rings (SSSR count). The van der Waals surface area contributed by atoms with Crippen LogP contribution in [0.25, 0.3) is 0 Å². The predicted octanol–water partition coefficient (Wildman–Crippen LogP) is 5.73. The van der Waals surface area contributed by atoms with E-state index in [1.165, 1.54) is 4.68 Å². The molecule has 0 saturated carbocycles. The van der Waals surface area contributed by atoms with Gasteiger partial charge in [0.15, 0.2) is 0 Å². The monoisotopic (exact) mass is 408 g/mol. The van der Waals surface area contributed by atoms with E-state index in [0.29, 0.717) is 37.8 Å². The molecule has 3 aromatic rings. The van der Waals surface area contributed by atoms with E-state index in [0.717, 1.165) is 5.56 Å². The van der Waals surface area contributed by atoms with Crippen LogP contribution < -0.4 is 4.74 Å². The first-order valence-electron chi connectivity index (χ1n) is 7.80. The molecule has 0 aliphatic heterocycles. The van der Waals surface area contributed by atoms with Gasteiger partial charge in [-0.15, -0.1) is 0 Å². The summed E-state index contributed by atoms with van der Waals surface area (Å²) >= 11 is 18.2. The number of ether oxygens (including phenoxy) is 1. The van der Waals surface area contributed by atoms with Crippen LogP contribution in [0.15, 0.2) is 42.5 Å². The number of hydrogen-bond donors (Lipinski definition) is 0. The molecule has 0 fully saturated rings. The predicted molar refractivity (Wildman–Crippen MR) is 104 cm³/mol. The fraction of sp³-hybridized carbons (Fsp3) is 0.158. The van der Waals surface area contributed by atoms with Gasteiger partial charge in [-0.05, 0) is 43.7 Å². The van der Waals surface area contributed by atoms with Crippen molar-refractivity contribution in [3.63, 3.8) is 0 Å². The van der Waals surface area contributed by atoms with E-state index in [-0.39, 0.29) is 12.5 Å². The van der Waals surface area contributed by atoms with Gasteiger partial charge in [0.1, 0.15) is 12.4 Å². The minimum absolute atomic E-state index is 0.249. The van der Waals surface area contributed by atoms with Crippen LogP contribution in [0.2, 0.25) is 15.1 Å². The van der Waals surface area contributed by atoms with E-state index in [9.17, 15) is 4.79 Å². The maximum atomic E-state index is 12.7. The molecule has 0 unspecified atom stereocenters. The number of aryl methyl sites for hydroxylation is 1.